The number of hydrogen-bond donors (Lipinski definition) is 0. The second kappa shape index (κ2) is 14.2. The highest BCUT2D eigenvalue weighted by Gasteiger charge is 1.94. The molecule has 0 spiro atoms. The topological polar surface area (TPSA) is 9.23 Å². The summed E-state index contributed by atoms with van der Waals surface area (Å²) >= 11 is 0. The number of aryl methyl sites for hydroxylation is 1. The van der Waals surface area contributed by atoms with Crippen molar-refractivity contribution in [3.05, 3.63) is 35.9 Å². The molecule has 1 nitrogen and oxygen atoms in total. The van der Waals surface area contributed by atoms with Crippen LogP contribution in [0.3, 0.4) is 0 Å². The van der Waals surface area contributed by atoms with E-state index in [0.29, 0.717) is 0 Å². The van der Waals surface area contributed by atoms with Gasteiger partial charge in [0.1, 0.15) is 0 Å². The van der Waals surface area contributed by atoms with Crippen LogP contribution in [0.5, 0.6) is 0 Å². The first-order valence-corrected chi connectivity index (χ1v) is 7.40. The predicted octanol–water partition coefficient (Wildman–Crippen LogP) is 5.38. The summed E-state index contributed by atoms with van der Waals surface area (Å²) in [6.07, 6.45) is 8.09. The van der Waals surface area contributed by atoms with Gasteiger partial charge in [-0.05, 0) is 19.8 Å². The molecule has 1 heterocycles. The Labute approximate surface area is 114 Å². The second-order valence-corrected chi connectivity index (χ2v) is 4.68. The molecule has 1 aromatic carbocycles. The average Bonchev–Trinajstić information content (AvgIpc) is 2.97. The maximum atomic E-state index is 4.94. The molecule has 2 rings (SSSR count). The summed E-state index contributed by atoms with van der Waals surface area (Å²) in [6.45, 7) is 8.55. The maximum absolute atomic E-state index is 4.94. The van der Waals surface area contributed by atoms with Crippen LogP contribution in [0.2, 0.25) is 0 Å². The summed E-state index contributed by atoms with van der Waals surface area (Å²) in [5.74, 6) is 0. The minimum atomic E-state index is 1.00. The molecule has 1 fully saturated rings. The Kier molecular flexibility index (Phi) is 13.6. The zero-order valence-electron chi connectivity index (χ0n) is 12.5. The smallest absolute Gasteiger partial charge is 0.0466 e. The van der Waals surface area contributed by atoms with Crippen LogP contribution in [0.25, 0.3) is 0 Å². The lowest BCUT2D eigenvalue weighted by atomic mass is 10.2. The van der Waals surface area contributed by atoms with E-state index in [1.807, 2.05) is 18.2 Å². The van der Waals surface area contributed by atoms with E-state index in [1.165, 1.54) is 44.1 Å². The third-order valence-corrected chi connectivity index (χ3v) is 2.72. The van der Waals surface area contributed by atoms with Gasteiger partial charge in [-0.3, -0.25) is 0 Å². The molecule has 1 heteroatoms. The molecule has 0 amide bonds. The van der Waals surface area contributed by atoms with E-state index in [2.05, 4.69) is 32.9 Å². The van der Waals surface area contributed by atoms with Crippen LogP contribution >= 0.6 is 0 Å². The van der Waals surface area contributed by atoms with E-state index in [-0.39, 0.29) is 0 Å². The molecular formula is C17H30O. The van der Waals surface area contributed by atoms with Crippen molar-refractivity contribution in [1.82, 2.24) is 0 Å². The fraction of sp³-hybridized carbons (Fsp3) is 0.647. The van der Waals surface area contributed by atoms with E-state index in [1.54, 1.807) is 0 Å². The minimum Gasteiger partial charge on any atom is -0.381 e. The van der Waals surface area contributed by atoms with Gasteiger partial charge in [-0.15, -0.1) is 0 Å². The van der Waals surface area contributed by atoms with Crippen molar-refractivity contribution >= 4 is 0 Å². The molecule has 0 bridgehead atoms. The standard InChI is InChI=1S/C7H8.C6H14.C4H8O/c1-7-5-3-2-4-6-7;1-3-5-6-4-2;1-2-4-5-3-1/h2-6H,1H3;3-6H2,1-2H3;1-4H2. The van der Waals surface area contributed by atoms with Gasteiger partial charge in [0.15, 0.2) is 0 Å². The molecule has 1 aliphatic rings. The molecule has 0 unspecified atom stereocenters. The Hall–Kier alpha value is -0.820. The van der Waals surface area contributed by atoms with Crippen LogP contribution in [0, 0.1) is 6.92 Å². The number of hydrogen-bond acceptors (Lipinski definition) is 1. The van der Waals surface area contributed by atoms with Crippen molar-refractivity contribution in [1.29, 1.82) is 0 Å². The first-order valence-electron chi connectivity index (χ1n) is 7.40. The van der Waals surface area contributed by atoms with Gasteiger partial charge in [-0.25, -0.2) is 0 Å². The largest absolute Gasteiger partial charge is 0.381 e. The van der Waals surface area contributed by atoms with Crippen molar-refractivity contribution in [2.45, 2.75) is 59.3 Å². The van der Waals surface area contributed by atoms with Crippen molar-refractivity contribution in [3.8, 4) is 0 Å². The first-order chi connectivity index (χ1) is 8.81. The third-order valence-electron chi connectivity index (χ3n) is 2.72. The quantitative estimate of drug-likeness (QED) is 0.654. The molecule has 1 saturated heterocycles. The number of ether oxygens (including phenoxy) is 1. The molecular weight excluding hydrogens is 220 g/mol. The molecule has 104 valence electrons. The number of rotatable bonds is 3. The molecule has 0 saturated carbocycles. The van der Waals surface area contributed by atoms with Crippen molar-refractivity contribution in [2.75, 3.05) is 13.2 Å². The second-order valence-electron chi connectivity index (χ2n) is 4.68. The van der Waals surface area contributed by atoms with Crippen LogP contribution in [0.4, 0.5) is 0 Å². The Bertz CT molecular complexity index is 227. The fourth-order valence-corrected chi connectivity index (χ4v) is 1.54. The van der Waals surface area contributed by atoms with Crippen LogP contribution in [-0.2, 0) is 4.74 Å². The highest BCUT2D eigenvalue weighted by molar-refractivity contribution is 5.11. The Balaban J connectivity index is 0.000000244. The van der Waals surface area contributed by atoms with Crippen LogP contribution in [-0.4, -0.2) is 13.2 Å². The van der Waals surface area contributed by atoms with Crippen LogP contribution < -0.4 is 0 Å². The first kappa shape index (κ1) is 17.2. The lowest BCUT2D eigenvalue weighted by Gasteiger charge is -1.86. The molecule has 0 aromatic heterocycles. The van der Waals surface area contributed by atoms with Crippen LogP contribution in [0.15, 0.2) is 30.3 Å². The molecule has 0 N–H and O–H groups in total. The van der Waals surface area contributed by atoms with Crippen molar-refractivity contribution in [2.24, 2.45) is 0 Å². The monoisotopic (exact) mass is 250 g/mol. The van der Waals surface area contributed by atoms with Gasteiger partial charge in [-0.2, -0.15) is 0 Å². The van der Waals surface area contributed by atoms with Gasteiger partial charge in [0.05, 0.1) is 0 Å². The minimum absolute atomic E-state index is 1.00. The van der Waals surface area contributed by atoms with E-state index < -0.39 is 0 Å². The number of unbranched alkanes of at least 4 members (excludes halogenated alkanes) is 3. The molecule has 1 aromatic rings. The summed E-state index contributed by atoms with van der Waals surface area (Å²) in [5, 5.41) is 0. The fourth-order valence-electron chi connectivity index (χ4n) is 1.54. The summed E-state index contributed by atoms with van der Waals surface area (Å²) < 4.78 is 4.94. The third kappa shape index (κ3) is 13.2. The highest BCUT2D eigenvalue weighted by atomic mass is 16.5. The molecule has 1 aliphatic heterocycles. The molecule has 0 aliphatic carbocycles. The average molecular weight is 250 g/mol. The summed E-state index contributed by atoms with van der Waals surface area (Å²) in [4.78, 5) is 0. The predicted molar refractivity (Wildman–Crippen MR) is 81.0 cm³/mol. The zero-order valence-corrected chi connectivity index (χ0v) is 12.5. The van der Waals surface area contributed by atoms with Gasteiger partial charge in [0, 0.05) is 13.2 Å². The lowest BCUT2D eigenvalue weighted by molar-refractivity contribution is 0.198. The van der Waals surface area contributed by atoms with E-state index in [4.69, 9.17) is 4.74 Å². The van der Waals surface area contributed by atoms with Gasteiger partial charge >= 0.3 is 0 Å². The maximum Gasteiger partial charge on any atom is 0.0466 e. The Morgan fingerprint density at radius 1 is 0.889 bits per heavy atom. The Morgan fingerprint density at radius 2 is 1.39 bits per heavy atom. The van der Waals surface area contributed by atoms with Crippen molar-refractivity contribution in [3.63, 3.8) is 0 Å². The van der Waals surface area contributed by atoms with Crippen molar-refractivity contribution < 1.29 is 4.74 Å². The van der Waals surface area contributed by atoms with Gasteiger partial charge < -0.3 is 4.74 Å². The molecule has 18 heavy (non-hydrogen) atoms. The van der Waals surface area contributed by atoms with E-state index >= 15 is 0 Å². The van der Waals surface area contributed by atoms with Gasteiger partial charge in [0.25, 0.3) is 0 Å². The van der Waals surface area contributed by atoms with E-state index in [0.717, 1.165) is 13.2 Å². The summed E-state index contributed by atoms with van der Waals surface area (Å²) in [5.41, 5.74) is 1.32. The van der Waals surface area contributed by atoms with Crippen LogP contribution in [0.1, 0.15) is 57.9 Å². The molecule has 0 atom stereocenters. The Morgan fingerprint density at radius 3 is 1.61 bits per heavy atom. The summed E-state index contributed by atoms with van der Waals surface area (Å²) in [7, 11) is 0. The summed E-state index contributed by atoms with van der Waals surface area (Å²) in [6, 6.07) is 10.3. The van der Waals surface area contributed by atoms with Gasteiger partial charge in [-0.1, -0.05) is 75.4 Å². The normalized spacial score (nSPS) is 13.1. The van der Waals surface area contributed by atoms with Gasteiger partial charge in [0.2, 0.25) is 0 Å². The molecule has 0 radical (unpaired) electrons. The van der Waals surface area contributed by atoms with E-state index in [9.17, 15) is 0 Å². The lowest BCUT2D eigenvalue weighted by Crippen LogP contribution is -1.74. The SMILES string of the molecule is C1CCOC1.CCCCCC.Cc1ccccc1. The highest BCUT2D eigenvalue weighted by Crippen LogP contribution is 1.98. The number of benzene rings is 1. The zero-order chi connectivity index (χ0) is 13.5.